The van der Waals surface area contributed by atoms with E-state index in [1.165, 1.54) is 25.1 Å². The number of Topliss-reactive ketones (excluding diaryl/α,β-unsaturated/α-hetero) is 2. The number of amides is 1. The van der Waals surface area contributed by atoms with Gasteiger partial charge in [0, 0.05) is 16.9 Å². The van der Waals surface area contributed by atoms with Crippen LogP contribution < -0.4 is 10.2 Å². The van der Waals surface area contributed by atoms with E-state index in [4.69, 9.17) is 0 Å². The Morgan fingerprint density at radius 2 is 1.72 bits per heavy atom. The predicted molar refractivity (Wildman–Crippen MR) is 137 cm³/mol. The van der Waals surface area contributed by atoms with Crippen molar-refractivity contribution in [3.05, 3.63) is 101 Å². The molecule has 6 rings (SSSR count). The topological polar surface area (TPSA) is 66.5 Å². The van der Waals surface area contributed by atoms with E-state index in [0.717, 1.165) is 22.4 Å². The van der Waals surface area contributed by atoms with Crippen molar-refractivity contribution in [2.45, 2.75) is 38.3 Å². The van der Waals surface area contributed by atoms with E-state index in [9.17, 15) is 18.8 Å². The monoisotopic (exact) mass is 480 g/mol. The van der Waals surface area contributed by atoms with Crippen molar-refractivity contribution >= 4 is 34.4 Å². The molecule has 0 unspecified atom stereocenters. The van der Waals surface area contributed by atoms with Gasteiger partial charge in [-0.05, 0) is 62.2 Å². The van der Waals surface area contributed by atoms with E-state index in [1.807, 2.05) is 55.2 Å². The fourth-order valence-electron chi connectivity index (χ4n) is 6.53. The number of hydrogen-bond donors (Lipinski definition) is 1. The third kappa shape index (κ3) is 2.78. The number of ketones is 2. The number of halogens is 1. The van der Waals surface area contributed by atoms with Crippen LogP contribution in [0.2, 0.25) is 0 Å². The van der Waals surface area contributed by atoms with Crippen molar-refractivity contribution in [1.29, 1.82) is 0 Å². The fraction of sp³-hybridized carbons (Fsp3) is 0.233. The molecule has 3 aromatic carbocycles. The molecule has 4 atom stereocenters. The van der Waals surface area contributed by atoms with Gasteiger partial charge in [0.15, 0.2) is 11.6 Å². The molecule has 3 aliphatic rings. The first-order chi connectivity index (χ1) is 17.3. The molecule has 0 aromatic heterocycles. The molecule has 0 radical (unpaired) electrons. The van der Waals surface area contributed by atoms with Gasteiger partial charge in [-0.1, -0.05) is 48.0 Å². The van der Waals surface area contributed by atoms with Crippen LogP contribution in [0.1, 0.15) is 40.9 Å². The van der Waals surface area contributed by atoms with Gasteiger partial charge in [-0.15, -0.1) is 0 Å². The van der Waals surface area contributed by atoms with E-state index in [2.05, 4.69) is 11.4 Å². The lowest BCUT2D eigenvalue weighted by atomic mass is 9.64. The molecule has 1 N–H and O–H groups in total. The van der Waals surface area contributed by atoms with Crippen molar-refractivity contribution in [1.82, 2.24) is 0 Å². The molecule has 1 spiro atoms. The Labute approximate surface area is 208 Å². The maximum absolute atomic E-state index is 15.0. The minimum absolute atomic E-state index is 0.116. The molecule has 6 heteroatoms. The molecular weight excluding hydrogens is 455 g/mol. The van der Waals surface area contributed by atoms with Crippen molar-refractivity contribution < 1.29 is 18.8 Å². The van der Waals surface area contributed by atoms with Crippen LogP contribution in [0.4, 0.5) is 15.8 Å². The van der Waals surface area contributed by atoms with Crippen LogP contribution in [-0.2, 0) is 15.0 Å². The van der Waals surface area contributed by atoms with Crippen LogP contribution in [0.25, 0.3) is 5.57 Å². The van der Waals surface area contributed by atoms with Crippen molar-refractivity contribution in [3.63, 3.8) is 0 Å². The van der Waals surface area contributed by atoms with Gasteiger partial charge < -0.3 is 10.2 Å². The van der Waals surface area contributed by atoms with Gasteiger partial charge in [0.25, 0.3) is 0 Å². The number of carbonyl (C=O) groups excluding carboxylic acids is 3. The first-order valence-electron chi connectivity index (χ1n) is 12.0. The second-order valence-electron chi connectivity index (χ2n) is 9.97. The zero-order valence-electron chi connectivity index (χ0n) is 20.2. The Kier molecular flexibility index (Phi) is 4.80. The van der Waals surface area contributed by atoms with E-state index in [1.54, 1.807) is 12.1 Å². The lowest BCUT2D eigenvalue weighted by Gasteiger charge is -2.39. The van der Waals surface area contributed by atoms with Gasteiger partial charge >= 0.3 is 0 Å². The Balaban J connectivity index is 1.70. The molecule has 0 saturated carbocycles. The highest BCUT2D eigenvalue weighted by atomic mass is 19.1. The summed E-state index contributed by atoms with van der Waals surface area (Å²) in [5.41, 5.74) is 3.53. The SMILES string of the molecule is CC(=O)[C@@H]1[C@H](C(=O)c2ccccc2F)[C@@]2(C(=O)Nc3ccccc32)[C@@H]2C=C(C)c3cc(C)ccc3N12. The van der Waals surface area contributed by atoms with Gasteiger partial charge in [-0.25, -0.2) is 4.39 Å². The number of nitrogens with one attached hydrogen (secondary N) is 1. The Hall–Kier alpha value is -4.06. The number of nitrogens with zero attached hydrogens (tertiary/aromatic N) is 1. The number of allylic oxidation sites excluding steroid dienone is 1. The molecule has 0 bridgehead atoms. The number of fused-ring (bicyclic) bond motifs is 6. The summed E-state index contributed by atoms with van der Waals surface area (Å²) in [6.07, 6.45) is 1.99. The van der Waals surface area contributed by atoms with E-state index in [0.29, 0.717) is 11.3 Å². The number of para-hydroxylation sites is 1. The van der Waals surface area contributed by atoms with E-state index >= 15 is 0 Å². The van der Waals surface area contributed by atoms with Crippen molar-refractivity contribution in [2.24, 2.45) is 5.92 Å². The summed E-state index contributed by atoms with van der Waals surface area (Å²) in [4.78, 5) is 43.7. The first-order valence-corrected chi connectivity index (χ1v) is 12.0. The first kappa shape index (κ1) is 22.4. The van der Waals surface area contributed by atoms with Crippen LogP contribution in [0.15, 0.2) is 72.8 Å². The summed E-state index contributed by atoms with van der Waals surface area (Å²) in [5, 5.41) is 2.97. The second kappa shape index (κ2) is 7.72. The average molecular weight is 481 g/mol. The average Bonchev–Trinajstić information content (AvgIpc) is 3.32. The molecule has 1 amide bonds. The third-order valence-electron chi connectivity index (χ3n) is 7.97. The zero-order chi connectivity index (χ0) is 25.4. The molecule has 3 aromatic rings. The minimum atomic E-state index is -1.41. The minimum Gasteiger partial charge on any atom is -0.352 e. The molecule has 3 heterocycles. The number of hydrogen-bond acceptors (Lipinski definition) is 4. The highest BCUT2D eigenvalue weighted by molar-refractivity contribution is 6.16. The number of benzene rings is 3. The van der Waals surface area contributed by atoms with Gasteiger partial charge in [-0.3, -0.25) is 14.4 Å². The summed E-state index contributed by atoms with van der Waals surface area (Å²) < 4.78 is 15.0. The van der Waals surface area contributed by atoms with Crippen LogP contribution in [0.3, 0.4) is 0 Å². The van der Waals surface area contributed by atoms with Crippen LogP contribution in [0.5, 0.6) is 0 Å². The molecule has 0 aliphatic carbocycles. The van der Waals surface area contributed by atoms with Crippen LogP contribution >= 0.6 is 0 Å². The molecule has 5 nitrogen and oxygen atoms in total. The fourth-order valence-corrected chi connectivity index (χ4v) is 6.53. The number of anilines is 2. The predicted octanol–water partition coefficient (Wildman–Crippen LogP) is 5.09. The maximum Gasteiger partial charge on any atom is 0.238 e. The third-order valence-corrected chi connectivity index (χ3v) is 7.97. The highest BCUT2D eigenvalue weighted by Gasteiger charge is 2.70. The normalized spacial score (nSPS) is 25.7. The van der Waals surface area contributed by atoms with Gasteiger partial charge in [0.05, 0.1) is 23.6 Å². The van der Waals surface area contributed by atoms with Gasteiger partial charge in [0.2, 0.25) is 5.91 Å². The Morgan fingerprint density at radius 1 is 1.00 bits per heavy atom. The summed E-state index contributed by atoms with van der Waals surface area (Å²) >= 11 is 0. The highest BCUT2D eigenvalue weighted by Crippen LogP contribution is 2.58. The van der Waals surface area contributed by atoms with E-state index in [-0.39, 0.29) is 17.3 Å². The van der Waals surface area contributed by atoms with Crippen molar-refractivity contribution in [3.8, 4) is 0 Å². The smallest absolute Gasteiger partial charge is 0.238 e. The molecule has 1 fully saturated rings. The molecule has 3 aliphatic heterocycles. The summed E-state index contributed by atoms with van der Waals surface area (Å²) in [6, 6.07) is 17.5. The maximum atomic E-state index is 15.0. The molecule has 180 valence electrons. The number of carbonyl (C=O) groups is 3. The lowest BCUT2D eigenvalue weighted by molar-refractivity contribution is -0.122. The number of aryl methyl sites for hydroxylation is 1. The number of rotatable bonds is 3. The Bertz CT molecular complexity index is 1510. The lowest BCUT2D eigenvalue weighted by Crippen LogP contribution is -2.51. The standard InChI is InChI=1S/C30H25FN2O3/c1-16-12-13-24-20(14-16)17(2)15-25-30(21-9-5-7-11-23(21)32-29(30)36)26(27(18(3)34)33(24)25)28(35)19-8-4-6-10-22(19)31/h4-15,25-27H,1-3H3,(H,32,36)/t25-,26+,27+,30-/m0/s1. The Morgan fingerprint density at radius 3 is 2.47 bits per heavy atom. The molecule has 1 saturated heterocycles. The van der Waals surface area contributed by atoms with Crippen LogP contribution in [-0.4, -0.2) is 29.6 Å². The zero-order valence-corrected chi connectivity index (χ0v) is 20.2. The summed E-state index contributed by atoms with van der Waals surface area (Å²) in [6.45, 7) is 5.43. The quantitative estimate of drug-likeness (QED) is 0.531. The summed E-state index contributed by atoms with van der Waals surface area (Å²) in [5.74, 6) is -2.94. The van der Waals surface area contributed by atoms with Gasteiger partial charge in [-0.2, -0.15) is 0 Å². The molecular formula is C30H25FN2O3. The van der Waals surface area contributed by atoms with E-state index < -0.39 is 35.0 Å². The molecule has 36 heavy (non-hydrogen) atoms. The van der Waals surface area contributed by atoms with Crippen molar-refractivity contribution in [2.75, 3.05) is 10.2 Å². The largest absolute Gasteiger partial charge is 0.352 e. The van der Waals surface area contributed by atoms with Gasteiger partial charge in [0.1, 0.15) is 11.2 Å². The second-order valence-corrected chi connectivity index (χ2v) is 9.97. The van der Waals surface area contributed by atoms with Crippen LogP contribution in [0, 0.1) is 18.7 Å². The summed E-state index contributed by atoms with van der Waals surface area (Å²) in [7, 11) is 0.